The number of nitrogens with zero attached hydrogens (tertiary/aromatic N) is 3. The van der Waals surface area contributed by atoms with Gasteiger partial charge in [0.1, 0.15) is 23.3 Å². The first-order chi connectivity index (χ1) is 14.2. The van der Waals surface area contributed by atoms with Crippen LogP contribution in [0.3, 0.4) is 0 Å². The Bertz CT molecular complexity index is 1150. The number of aromatic nitrogens is 1. The van der Waals surface area contributed by atoms with E-state index in [9.17, 15) is 23.0 Å². The molecule has 0 aliphatic carbocycles. The molecule has 0 spiro atoms. The Labute approximate surface area is 173 Å². The average molecular weight is 431 g/mol. The summed E-state index contributed by atoms with van der Waals surface area (Å²) < 4.78 is 46.2. The average Bonchev–Trinajstić information content (AvgIpc) is 3.06. The molecule has 1 aliphatic heterocycles. The van der Waals surface area contributed by atoms with Crippen LogP contribution in [0.1, 0.15) is 12.5 Å². The van der Waals surface area contributed by atoms with Crippen LogP contribution in [0.4, 0.5) is 10.1 Å². The van der Waals surface area contributed by atoms with Gasteiger partial charge in [-0.1, -0.05) is 5.92 Å². The van der Waals surface area contributed by atoms with Crippen molar-refractivity contribution in [2.45, 2.75) is 23.7 Å². The molecule has 10 heteroatoms. The van der Waals surface area contributed by atoms with Gasteiger partial charge in [0.25, 0.3) is 10.0 Å². The van der Waals surface area contributed by atoms with Crippen molar-refractivity contribution in [2.75, 3.05) is 19.7 Å². The van der Waals surface area contributed by atoms with Crippen molar-refractivity contribution in [3.63, 3.8) is 0 Å². The zero-order valence-electron chi connectivity index (χ0n) is 15.9. The van der Waals surface area contributed by atoms with Crippen LogP contribution in [-0.2, 0) is 10.0 Å². The van der Waals surface area contributed by atoms with E-state index < -0.39 is 40.7 Å². The first-order valence-corrected chi connectivity index (χ1v) is 10.2. The van der Waals surface area contributed by atoms with E-state index >= 15 is 0 Å². The molecule has 1 fully saturated rings. The van der Waals surface area contributed by atoms with Crippen molar-refractivity contribution in [1.82, 2.24) is 9.29 Å². The SMILES string of the molecule is [C-]#[N+]c1ccc(O[C@H]2CN(S(=O)(=O)c3ccc(C#CC)cn3)C[C@@]2(O)CO)cc1F. The maximum atomic E-state index is 13.8. The quantitative estimate of drug-likeness (QED) is 0.547. The lowest BCUT2D eigenvalue weighted by Crippen LogP contribution is -2.48. The highest BCUT2D eigenvalue weighted by molar-refractivity contribution is 7.89. The number of rotatable bonds is 5. The summed E-state index contributed by atoms with van der Waals surface area (Å²) in [6.45, 7) is 7.02. The van der Waals surface area contributed by atoms with Crippen LogP contribution in [0.25, 0.3) is 4.85 Å². The first-order valence-electron chi connectivity index (χ1n) is 8.79. The monoisotopic (exact) mass is 431 g/mol. The minimum Gasteiger partial charge on any atom is -0.486 e. The van der Waals surface area contributed by atoms with Crippen molar-refractivity contribution >= 4 is 15.7 Å². The number of ether oxygens (including phenoxy) is 1. The molecular weight excluding hydrogens is 413 g/mol. The minimum absolute atomic E-state index is 0.00311. The molecule has 1 aromatic carbocycles. The van der Waals surface area contributed by atoms with Gasteiger partial charge in [-0.05, 0) is 31.2 Å². The van der Waals surface area contributed by atoms with Crippen LogP contribution < -0.4 is 4.74 Å². The van der Waals surface area contributed by atoms with Crippen LogP contribution in [0, 0.1) is 24.2 Å². The lowest BCUT2D eigenvalue weighted by Gasteiger charge is -2.27. The Balaban J connectivity index is 1.85. The van der Waals surface area contributed by atoms with E-state index in [0.29, 0.717) is 5.56 Å². The van der Waals surface area contributed by atoms with E-state index in [4.69, 9.17) is 11.3 Å². The Morgan fingerprint density at radius 3 is 2.77 bits per heavy atom. The second-order valence-electron chi connectivity index (χ2n) is 6.65. The molecular formula is C20H18FN3O5S. The van der Waals surface area contributed by atoms with Crippen molar-refractivity contribution in [2.24, 2.45) is 0 Å². The standard InChI is InChI=1S/C20H18FN3O5S/c1-3-4-14-5-8-19(23-10-14)30(27,28)24-11-18(20(26,12-24)13-25)29-15-6-7-17(22-2)16(21)9-15/h5-10,18,25-26H,11-13H2,1H3/t18-,20+/m0/s1. The summed E-state index contributed by atoms with van der Waals surface area (Å²) in [5.41, 5.74) is -1.55. The van der Waals surface area contributed by atoms with E-state index in [-0.39, 0.29) is 23.0 Å². The molecule has 1 aliphatic rings. The summed E-state index contributed by atoms with van der Waals surface area (Å²) in [4.78, 5) is 6.94. The second-order valence-corrected chi connectivity index (χ2v) is 8.54. The molecule has 156 valence electrons. The van der Waals surface area contributed by atoms with Gasteiger partial charge in [-0.25, -0.2) is 22.6 Å². The molecule has 2 N–H and O–H groups in total. The van der Waals surface area contributed by atoms with Gasteiger partial charge < -0.3 is 14.9 Å². The number of benzene rings is 1. The molecule has 2 atom stereocenters. The highest BCUT2D eigenvalue weighted by Crippen LogP contribution is 2.31. The number of hydrogen-bond donors (Lipinski definition) is 2. The zero-order valence-corrected chi connectivity index (χ0v) is 16.7. The number of aliphatic hydroxyl groups is 2. The number of aliphatic hydroxyl groups excluding tert-OH is 1. The van der Waals surface area contributed by atoms with Gasteiger partial charge in [0.2, 0.25) is 5.69 Å². The van der Waals surface area contributed by atoms with Gasteiger partial charge >= 0.3 is 0 Å². The van der Waals surface area contributed by atoms with Crippen LogP contribution in [-0.4, -0.2) is 59.3 Å². The van der Waals surface area contributed by atoms with E-state index in [0.717, 1.165) is 10.4 Å². The number of sulfonamides is 1. The third-order valence-electron chi connectivity index (χ3n) is 4.62. The van der Waals surface area contributed by atoms with Gasteiger partial charge in [0, 0.05) is 24.4 Å². The molecule has 2 aromatic rings. The van der Waals surface area contributed by atoms with Crippen LogP contribution >= 0.6 is 0 Å². The summed E-state index contributed by atoms with van der Waals surface area (Å²) in [5, 5.41) is 20.1. The molecule has 0 bridgehead atoms. The number of halogens is 1. The third-order valence-corrected chi connectivity index (χ3v) is 6.35. The van der Waals surface area contributed by atoms with E-state index in [2.05, 4.69) is 21.7 Å². The Morgan fingerprint density at radius 1 is 1.43 bits per heavy atom. The summed E-state index contributed by atoms with van der Waals surface area (Å²) in [6.07, 6.45) is 0.161. The molecule has 0 unspecified atom stereocenters. The molecule has 0 saturated carbocycles. The maximum absolute atomic E-state index is 13.8. The summed E-state index contributed by atoms with van der Waals surface area (Å²) in [5.74, 6) is 4.64. The van der Waals surface area contributed by atoms with E-state index in [1.807, 2.05) is 0 Å². The largest absolute Gasteiger partial charge is 0.486 e. The van der Waals surface area contributed by atoms with E-state index in [1.54, 1.807) is 6.92 Å². The highest BCUT2D eigenvalue weighted by atomic mass is 32.2. The topological polar surface area (TPSA) is 104 Å². The Morgan fingerprint density at radius 2 is 2.20 bits per heavy atom. The molecule has 2 heterocycles. The lowest BCUT2D eigenvalue weighted by molar-refractivity contribution is -0.0641. The van der Waals surface area contributed by atoms with Gasteiger partial charge in [0.15, 0.2) is 5.03 Å². The second kappa shape index (κ2) is 8.38. The fourth-order valence-electron chi connectivity index (χ4n) is 3.01. The van der Waals surface area contributed by atoms with Gasteiger partial charge in [0.05, 0.1) is 19.7 Å². The van der Waals surface area contributed by atoms with Gasteiger partial charge in [-0.15, -0.1) is 5.92 Å². The normalized spacial score (nSPS) is 21.5. The molecule has 1 aromatic heterocycles. The van der Waals surface area contributed by atoms with Crippen molar-refractivity contribution in [1.29, 1.82) is 0 Å². The van der Waals surface area contributed by atoms with Gasteiger partial charge in [-0.3, -0.25) is 0 Å². The fourth-order valence-corrected chi connectivity index (χ4v) is 4.42. The van der Waals surface area contributed by atoms with Crippen LogP contribution in [0.5, 0.6) is 5.75 Å². The first kappa shape index (κ1) is 21.7. The molecule has 3 rings (SSSR count). The summed E-state index contributed by atoms with van der Waals surface area (Å²) in [6, 6.07) is 6.33. The smallest absolute Gasteiger partial charge is 0.260 e. The predicted molar refractivity (Wildman–Crippen MR) is 105 cm³/mol. The highest BCUT2D eigenvalue weighted by Gasteiger charge is 2.51. The molecule has 8 nitrogen and oxygen atoms in total. The molecule has 0 radical (unpaired) electrons. The minimum atomic E-state index is -4.09. The van der Waals surface area contributed by atoms with Crippen LogP contribution in [0.15, 0.2) is 41.6 Å². The third kappa shape index (κ3) is 4.13. The Hall–Kier alpha value is -3.02. The predicted octanol–water partition coefficient (Wildman–Crippen LogP) is 1.32. The Kier molecular flexibility index (Phi) is 6.06. The number of pyridine rings is 1. The summed E-state index contributed by atoms with van der Waals surface area (Å²) >= 11 is 0. The molecule has 1 saturated heterocycles. The maximum Gasteiger partial charge on any atom is 0.260 e. The lowest BCUT2D eigenvalue weighted by atomic mass is 10.0. The number of β-amino-alcohol motifs (C(OH)–C–C–N with tert-alkyl or cyclic N) is 1. The van der Waals surface area contributed by atoms with Gasteiger partial charge in [-0.2, -0.15) is 4.31 Å². The fraction of sp³-hybridized carbons (Fsp3) is 0.300. The van der Waals surface area contributed by atoms with E-state index in [1.165, 1.54) is 30.5 Å². The number of hydrogen-bond acceptors (Lipinski definition) is 6. The zero-order chi connectivity index (χ0) is 21.9. The van der Waals surface area contributed by atoms with Crippen molar-refractivity contribution < 1.29 is 27.8 Å². The molecule has 0 amide bonds. The van der Waals surface area contributed by atoms with Crippen LogP contribution in [0.2, 0.25) is 0 Å². The van der Waals surface area contributed by atoms with Crippen molar-refractivity contribution in [3.8, 4) is 17.6 Å². The summed E-state index contributed by atoms with van der Waals surface area (Å²) in [7, 11) is -4.09. The molecule has 30 heavy (non-hydrogen) atoms. The van der Waals surface area contributed by atoms with Crippen molar-refractivity contribution in [3.05, 3.63) is 59.3 Å².